The third kappa shape index (κ3) is 2.05. The van der Waals surface area contributed by atoms with Gasteiger partial charge in [-0.3, -0.25) is 4.79 Å². The largest absolute Gasteiger partial charge is 0.550 e. The zero-order chi connectivity index (χ0) is 8.31. The van der Waals surface area contributed by atoms with Crippen LogP contribution in [0.3, 0.4) is 0 Å². The summed E-state index contributed by atoms with van der Waals surface area (Å²) in [6.07, 6.45) is 0. The van der Waals surface area contributed by atoms with E-state index in [1.54, 1.807) is 0 Å². The molecular formula is C6H9O4-. The highest BCUT2D eigenvalue weighted by atomic mass is 16.4. The number of hydrogen-bond donors (Lipinski definition) is 1. The molecule has 0 aliphatic heterocycles. The molecule has 0 spiro atoms. The maximum Gasteiger partial charge on any atom is 0.306 e. The van der Waals surface area contributed by atoms with E-state index in [4.69, 9.17) is 5.11 Å². The average Bonchev–Trinajstić information content (AvgIpc) is 1.84. The molecule has 0 aromatic rings. The number of hydrogen-bond acceptors (Lipinski definition) is 3. The molecule has 0 rings (SSSR count). The molecular weight excluding hydrogens is 136 g/mol. The lowest BCUT2D eigenvalue weighted by molar-refractivity contribution is -0.312. The fourth-order valence-electron chi connectivity index (χ4n) is 0.418. The summed E-state index contributed by atoms with van der Waals surface area (Å²) >= 11 is 0. The maximum atomic E-state index is 10.2. The molecule has 0 saturated heterocycles. The van der Waals surface area contributed by atoms with Gasteiger partial charge in [0.2, 0.25) is 0 Å². The molecule has 0 heterocycles. The van der Waals surface area contributed by atoms with Gasteiger partial charge in [-0.05, 0) is 0 Å². The van der Waals surface area contributed by atoms with Crippen molar-refractivity contribution in [3.63, 3.8) is 0 Å². The van der Waals surface area contributed by atoms with Crippen molar-refractivity contribution in [1.29, 1.82) is 0 Å². The molecule has 4 heteroatoms. The van der Waals surface area contributed by atoms with E-state index < -0.39 is 23.8 Å². The van der Waals surface area contributed by atoms with Gasteiger partial charge in [-0.15, -0.1) is 0 Å². The van der Waals surface area contributed by atoms with Crippen LogP contribution in [0.5, 0.6) is 0 Å². The van der Waals surface area contributed by atoms with Crippen molar-refractivity contribution in [3.8, 4) is 0 Å². The van der Waals surface area contributed by atoms with E-state index in [1.165, 1.54) is 13.8 Å². The lowest BCUT2D eigenvalue weighted by Crippen LogP contribution is -2.35. The van der Waals surface area contributed by atoms with E-state index in [0.717, 1.165) is 0 Å². The normalized spacial score (nSPS) is 15.8. The molecule has 0 aromatic heterocycles. The van der Waals surface area contributed by atoms with Crippen molar-refractivity contribution >= 4 is 11.9 Å². The molecule has 58 valence electrons. The monoisotopic (exact) mass is 145 g/mol. The number of aliphatic carboxylic acids is 2. The van der Waals surface area contributed by atoms with Gasteiger partial charge < -0.3 is 15.0 Å². The smallest absolute Gasteiger partial charge is 0.306 e. The maximum absolute atomic E-state index is 10.2. The van der Waals surface area contributed by atoms with E-state index in [0.29, 0.717) is 0 Å². The van der Waals surface area contributed by atoms with E-state index in [9.17, 15) is 14.7 Å². The van der Waals surface area contributed by atoms with Crippen molar-refractivity contribution < 1.29 is 19.8 Å². The first kappa shape index (κ1) is 8.94. The van der Waals surface area contributed by atoms with Crippen molar-refractivity contribution in [2.75, 3.05) is 0 Å². The zero-order valence-electron chi connectivity index (χ0n) is 5.83. The van der Waals surface area contributed by atoms with E-state index >= 15 is 0 Å². The molecule has 0 bridgehead atoms. The highest BCUT2D eigenvalue weighted by Crippen LogP contribution is 2.08. The SMILES string of the molecule is C[C@@H](C(=O)[O-])[C@@H](C)C(=O)O. The Kier molecular flexibility index (Phi) is 2.86. The summed E-state index contributed by atoms with van der Waals surface area (Å²) < 4.78 is 0. The van der Waals surface area contributed by atoms with E-state index in [1.807, 2.05) is 0 Å². The predicted molar refractivity (Wildman–Crippen MR) is 31.0 cm³/mol. The molecule has 0 aliphatic carbocycles. The van der Waals surface area contributed by atoms with Crippen LogP contribution in [-0.4, -0.2) is 17.0 Å². The summed E-state index contributed by atoms with van der Waals surface area (Å²) in [5, 5.41) is 18.4. The van der Waals surface area contributed by atoms with Gasteiger partial charge in [0.25, 0.3) is 0 Å². The van der Waals surface area contributed by atoms with Crippen LogP contribution in [0.1, 0.15) is 13.8 Å². The minimum Gasteiger partial charge on any atom is -0.550 e. The molecule has 0 aromatic carbocycles. The van der Waals surface area contributed by atoms with Crippen LogP contribution in [0.2, 0.25) is 0 Å². The Morgan fingerprint density at radius 2 is 1.70 bits per heavy atom. The van der Waals surface area contributed by atoms with Gasteiger partial charge >= 0.3 is 5.97 Å². The Hall–Kier alpha value is -1.06. The summed E-state index contributed by atoms with van der Waals surface area (Å²) in [7, 11) is 0. The van der Waals surface area contributed by atoms with E-state index in [2.05, 4.69) is 0 Å². The van der Waals surface area contributed by atoms with E-state index in [-0.39, 0.29) is 0 Å². The minimum atomic E-state index is -1.32. The summed E-state index contributed by atoms with van der Waals surface area (Å²) in [4.78, 5) is 20.2. The molecule has 0 aliphatic rings. The van der Waals surface area contributed by atoms with Gasteiger partial charge in [-0.25, -0.2) is 0 Å². The van der Waals surface area contributed by atoms with Crippen molar-refractivity contribution in [2.24, 2.45) is 11.8 Å². The summed E-state index contributed by atoms with van der Waals surface area (Å²) in [6.45, 7) is 2.65. The number of rotatable bonds is 3. The van der Waals surface area contributed by atoms with Crippen molar-refractivity contribution in [3.05, 3.63) is 0 Å². The van der Waals surface area contributed by atoms with Gasteiger partial charge in [0.1, 0.15) is 0 Å². The minimum absolute atomic E-state index is 0.884. The molecule has 10 heavy (non-hydrogen) atoms. The number of carboxylic acids is 2. The van der Waals surface area contributed by atoms with Crippen LogP contribution in [0.25, 0.3) is 0 Å². The Bertz CT molecular complexity index is 134. The lowest BCUT2D eigenvalue weighted by Gasteiger charge is -2.15. The van der Waals surface area contributed by atoms with Gasteiger partial charge in [0.15, 0.2) is 0 Å². The Balaban J connectivity index is 4.07. The number of carbonyl (C=O) groups excluding carboxylic acids is 1. The molecule has 0 amide bonds. The van der Waals surface area contributed by atoms with Crippen LogP contribution in [-0.2, 0) is 9.59 Å². The van der Waals surface area contributed by atoms with Gasteiger partial charge in [0, 0.05) is 11.9 Å². The van der Waals surface area contributed by atoms with Gasteiger partial charge in [0.05, 0.1) is 5.92 Å². The summed E-state index contributed by atoms with van der Waals surface area (Å²) in [5.41, 5.74) is 0. The third-order valence-electron chi connectivity index (χ3n) is 1.51. The molecule has 0 saturated carbocycles. The first-order chi connectivity index (χ1) is 4.46. The molecule has 1 N–H and O–H groups in total. The second-order valence-electron chi connectivity index (χ2n) is 2.23. The first-order valence-electron chi connectivity index (χ1n) is 2.90. The average molecular weight is 145 g/mol. The van der Waals surface area contributed by atoms with Gasteiger partial charge in [-0.2, -0.15) is 0 Å². The Morgan fingerprint density at radius 3 is 1.80 bits per heavy atom. The van der Waals surface area contributed by atoms with Crippen LogP contribution in [0.4, 0.5) is 0 Å². The number of carboxylic acid groups (broad SMARTS) is 2. The topological polar surface area (TPSA) is 77.4 Å². The predicted octanol–water partition coefficient (Wildman–Crippen LogP) is -0.907. The van der Waals surface area contributed by atoms with Crippen LogP contribution >= 0.6 is 0 Å². The van der Waals surface area contributed by atoms with Crippen LogP contribution in [0, 0.1) is 11.8 Å². The summed E-state index contributed by atoms with van der Waals surface area (Å²) in [6, 6.07) is 0. The van der Waals surface area contributed by atoms with Crippen molar-refractivity contribution in [2.45, 2.75) is 13.8 Å². The standard InChI is InChI=1S/C6H10O4/c1-3(5(7)8)4(2)6(9)10/h3-4H,1-2H3,(H,7,8)(H,9,10)/p-1/t3-,4-/m1/s1. The second-order valence-corrected chi connectivity index (χ2v) is 2.23. The van der Waals surface area contributed by atoms with Crippen LogP contribution in [0.15, 0.2) is 0 Å². The fourth-order valence-corrected chi connectivity index (χ4v) is 0.418. The third-order valence-corrected chi connectivity index (χ3v) is 1.51. The molecule has 0 radical (unpaired) electrons. The Morgan fingerprint density at radius 1 is 1.30 bits per heavy atom. The summed E-state index contributed by atoms with van der Waals surface area (Å²) in [5.74, 6) is -4.26. The second kappa shape index (κ2) is 3.20. The quantitative estimate of drug-likeness (QED) is 0.557. The zero-order valence-corrected chi connectivity index (χ0v) is 5.83. The lowest BCUT2D eigenvalue weighted by atomic mass is 9.97. The van der Waals surface area contributed by atoms with Crippen molar-refractivity contribution in [1.82, 2.24) is 0 Å². The number of carbonyl (C=O) groups is 2. The fraction of sp³-hybridized carbons (Fsp3) is 0.667. The van der Waals surface area contributed by atoms with Gasteiger partial charge in [-0.1, -0.05) is 13.8 Å². The first-order valence-corrected chi connectivity index (χ1v) is 2.90. The highest BCUT2D eigenvalue weighted by Gasteiger charge is 2.19. The highest BCUT2D eigenvalue weighted by molar-refractivity contribution is 5.78. The molecule has 2 atom stereocenters. The molecule has 0 fully saturated rings. The molecule has 4 nitrogen and oxygen atoms in total. The Labute approximate surface area is 58.5 Å². The van der Waals surface area contributed by atoms with Crippen LogP contribution < -0.4 is 5.11 Å². The molecule has 0 unspecified atom stereocenters.